The summed E-state index contributed by atoms with van der Waals surface area (Å²) in [5.41, 5.74) is 8.14. The van der Waals surface area contributed by atoms with Gasteiger partial charge in [-0.15, -0.1) is 0 Å². The second-order valence-corrected chi connectivity index (χ2v) is 7.63. The lowest BCUT2D eigenvalue weighted by Gasteiger charge is -2.24. The Morgan fingerprint density at radius 1 is 1.26 bits per heavy atom. The highest BCUT2D eigenvalue weighted by Gasteiger charge is 2.33. The highest BCUT2D eigenvalue weighted by molar-refractivity contribution is 6.28. The first-order valence-corrected chi connectivity index (χ1v) is 10.4. The van der Waals surface area contributed by atoms with E-state index < -0.39 is 5.97 Å². The Morgan fingerprint density at radius 3 is 2.74 bits per heavy atom. The molecule has 1 atom stereocenters. The Balaban J connectivity index is 2.14. The lowest BCUT2D eigenvalue weighted by atomic mass is 9.94. The zero-order chi connectivity index (χ0) is 22.4. The van der Waals surface area contributed by atoms with E-state index in [0.29, 0.717) is 23.7 Å². The number of methoxy groups -OCH3 is 2. The number of carbonyl (C=O) groups is 1. The molecule has 4 N–H and O–H groups in total. The summed E-state index contributed by atoms with van der Waals surface area (Å²) in [5.74, 6) is 5.99. The van der Waals surface area contributed by atoms with Crippen LogP contribution in [0.4, 0.5) is 0 Å². The molecule has 0 aliphatic heterocycles. The molecule has 0 fully saturated rings. The third-order valence-corrected chi connectivity index (χ3v) is 5.60. The van der Waals surface area contributed by atoms with Gasteiger partial charge in [-0.05, 0) is 57.1 Å². The molecule has 1 aromatic carbocycles. The number of aliphatic carboxylic acids is 1. The van der Waals surface area contributed by atoms with Crippen LogP contribution in [0, 0.1) is 0 Å². The van der Waals surface area contributed by atoms with Crippen LogP contribution in [0.1, 0.15) is 56.6 Å². The van der Waals surface area contributed by atoms with E-state index in [1.54, 1.807) is 14.2 Å². The molecule has 0 heterocycles. The fourth-order valence-corrected chi connectivity index (χ4v) is 4.22. The largest absolute Gasteiger partial charge is 0.493 e. The summed E-state index contributed by atoms with van der Waals surface area (Å²) in [5, 5.41) is 17.0. The van der Waals surface area contributed by atoms with Crippen LogP contribution in [0.5, 0.6) is 17.2 Å². The second-order valence-electron chi connectivity index (χ2n) is 7.63. The van der Waals surface area contributed by atoms with Crippen LogP contribution in [0.2, 0.25) is 0 Å². The fourth-order valence-electron chi connectivity index (χ4n) is 4.22. The number of hydrogen-bond donors (Lipinski definition) is 3. The van der Waals surface area contributed by atoms with Gasteiger partial charge in [0.1, 0.15) is 6.34 Å². The van der Waals surface area contributed by atoms with Crippen LogP contribution < -0.4 is 25.5 Å². The number of ether oxygens (including phenoxy) is 3. The number of nitrogens with one attached hydrogen (secondary N) is 1. The number of nitrogens with two attached hydrogens (primary N) is 1. The van der Waals surface area contributed by atoms with Crippen LogP contribution in [0.25, 0.3) is 5.57 Å². The smallest absolute Gasteiger partial charge is 0.303 e. The third-order valence-electron chi connectivity index (χ3n) is 5.60. The Labute approximate surface area is 181 Å². The van der Waals surface area contributed by atoms with Gasteiger partial charge in [0.2, 0.25) is 5.75 Å². The number of hydrogen-bond acceptors (Lipinski definition) is 7. The van der Waals surface area contributed by atoms with E-state index >= 15 is 0 Å². The third kappa shape index (κ3) is 4.92. The van der Waals surface area contributed by atoms with Crippen molar-refractivity contribution in [3.05, 3.63) is 22.8 Å². The Hall–Kier alpha value is -3.23. The molecule has 31 heavy (non-hydrogen) atoms. The molecule has 2 aliphatic carbocycles. The van der Waals surface area contributed by atoms with E-state index in [9.17, 15) is 4.79 Å². The number of carboxylic acid groups (broad SMARTS) is 1. The maximum absolute atomic E-state index is 11.0. The van der Waals surface area contributed by atoms with Gasteiger partial charge in [-0.2, -0.15) is 10.2 Å². The SMILES string of the molecule is COc1cc2c(c(OC(C)CCC(=O)O)c1OC)C1=C(CCC2)CCC1=NNC=NN. The highest BCUT2D eigenvalue weighted by atomic mass is 16.5. The molecule has 1 unspecified atom stereocenters. The van der Waals surface area contributed by atoms with Gasteiger partial charge in [-0.1, -0.05) is 5.57 Å². The van der Waals surface area contributed by atoms with Crippen LogP contribution in [-0.2, 0) is 11.2 Å². The molecule has 1 aromatic rings. The number of nitrogens with zero attached hydrogens (tertiary/aromatic N) is 2. The number of carboxylic acids is 1. The van der Waals surface area contributed by atoms with Crippen LogP contribution in [-0.4, -0.2) is 43.4 Å². The van der Waals surface area contributed by atoms with Gasteiger partial charge in [0, 0.05) is 17.6 Å². The van der Waals surface area contributed by atoms with Gasteiger partial charge >= 0.3 is 5.97 Å². The van der Waals surface area contributed by atoms with Crippen molar-refractivity contribution in [2.24, 2.45) is 16.0 Å². The van der Waals surface area contributed by atoms with Crippen molar-refractivity contribution in [1.29, 1.82) is 0 Å². The molecular formula is C22H30N4O5. The van der Waals surface area contributed by atoms with E-state index in [1.165, 1.54) is 11.9 Å². The van der Waals surface area contributed by atoms with E-state index in [4.69, 9.17) is 25.2 Å². The quantitative estimate of drug-likeness (QED) is 0.238. The van der Waals surface area contributed by atoms with E-state index in [0.717, 1.165) is 54.5 Å². The fraction of sp³-hybridized carbons (Fsp3) is 0.500. The van der Waals surface area contributed by atoms with E-state index in [2.05, 4.69) is 15.6 Å². The maximum atomic E-state index is 11.0. The first-order valence-electron chi connectivity index (χ1n) is 10.4. The molecule has 9 nitrogen and oxygen atoms in total. The normalized spacial score (nSPS) is 17.8. The van der Waals surface area contributed by atoms with Gasteiger partial charge in [-0.3, -0.25) is 10.2 Å². The molecule has 0 spiro atoms. The highest BCUT2D eigenvalue weighted by Crippen LogP contribution is 2.50. The van der Waals surface area contributed by atoms with Crippen molar-refractivity contribution >= 4 is 23.6 Å². The molecule has 0 radical (unpaired) electrons. The maximum Gasteiger partial charge on any atom is 0.303 e. The van der Waals surface area contributed by atoms with Gasteiger partial charge < -0.3 is 25.2 Å². The molecule has 0 aromatic heterocycles. The summed E-state index contributed by atoms with van der Waals surface area (Å²) in [6, 6.07) is 2.00. The second kappa shape index (κ2) is 10.2. The van der Waals surface area contributed by atoms with Gasteiger partial charge in [0.25, 0.3) is 0 Å². The van der Waals surface area contributed by atoms with Crippen molar-refractivity contribution in [3.63, 3.8) is 0 Å². The van der Waals surface area contributed by atoms with Gasteiger partial charge in [-0.25, -0.2) is 0 Å². The van der Waals surface area contributed by atoms with Crippen molar-refractivity contribution in [3.8, 4) is 17.2 Å². The zero-order valence-corrected chi connectivity index (χ0v) is 18.2. The molecule has 0 amide bonds. The summed E-state index contributed by atoms with van der Waals surface area (Å²) in [6.07, 6.45) is 6.02. The average molecular weight is 431 g/mol. The van der Waals surface area contributed by atoms with Gasteiger partial charge in [0.05, 0.1) is 26.0 Å². The average Bonchev–Trinajstić information content (AvgIpc) is 3.04. The molecule has 9 heteroatoms. The van der Waals surface area contributed by atoms with Crippen molar-refractivity contribution in [2.45, 2.75) is 58.0 Å². The molecule has 3 rings (SSSR count). The van der Waals surface area contributed by atoms with E-state index in [1.807, 2.05) is 13.0 Å². The number of allylic oxidation sites excluding steroid dienone is 2. The zero-order valence-electron chi connectivity index (χ0n) is 18.2. The first kappa shape index (κ1) is 22.5. The molecule has 0 saturated carbocycles. The summed E-state index contributed by atoms with van der Waals surface area (Å²) < 4.78 is 17.6. The molecule has 168 valence electrons. The van der Waals surface area contributed by atoms with Crippen molar-refractivity contribution < 1.29 is 24.1 Å². The standard InChI is InChI=1S/C22H30N4O5/c1-13(7-10-18(27)28)31-22-20-15(11-17(29-2)21(22)30-3)6-4-5-14-8-9-16(19(14)20)26-25-12-24-23/h11-13H,4-10,23H2,1-3H3,(H,24,25)(H,27,28). The number of fused-ring (bicyclic) bond motifs is 2. The molecule has 0 saturated heterocycles. The predicted molar refractivity (Wildman–Crippen MR) is 119 cm³/mol. The Bertz CT molecular complexity index is 923. The number of aryl methyl sites for hydroxylation is 1. The number of hydrazone groups is 2. The first-order chi connectivity index (χ1) is 15.0. The van der Waals surface area contributed by atoms with Crippen molar-refractivity contribution in [2.75, 3.05) is 14.2 Å². The van der Waals surface area contributed by atoms with E-state index in [-0.39, 0.29) is 12.5 Å². The van der Waals surface area contributed by atoms with Crippen LogP contribution in [0.3, 0.4) is 0 Å². The molecule has 0 bridgehead atoms. The number of benzene rings is 1. The summed E-state index contributed by atoms with van der Waals surface area (Å²) in [4.78, 5) is 11.0. The Kier molecular flexibility index (Phi) is 7.38. The minimum absolute atomic E-state index is 0.0264. The van der Waals surface area contributed by atoms with Crippen molar-refractivity contribution in [1.82, 2.24) is 5.43 Å². The summed E-state index contributed by atoms with van der Waals surface area (Å²) in [6.45, 7) is 1.86. The molecular weight excluding hydrogens is 400 g/mol. The van der Waals surface area contributed by atoms with Crippen LogP contribution >= 0.6 is 0 Å². The lowest BCUT2D eigenvalue weighted by molar-refractivity contribution is -0.137. The summed E-state index contributed by atoms with van der Waals surface area (Å²) in [7, 11) is 3.18. The summed E-state index contributed by atoms with van der Waals surface area (Å²) >= 11 is 0. The minimum atomic E-state index is -0.852. The predicted octanol–water partition coefficient (Wildman–Crippen LogP) is 3.07. The van der Waals surface area contributed by atoms with Gasteiger partial charge in [0.15, 0.2) is 11.5 Å². The number of rotatable bonds is 9. The molecule has 2 aliphatic rings. The topological polar surface area (TPSA) is 128 Å². The minimum Gasteiger partial charge on any atom is -0.493 e. The Morgan fingerprint density at radius 2 is 2.06 bits per heavy atom. The lowest BCUT2D eigenvalue weighted by Crippen LogP contribution is -2.17. The monoisotopic (exact) mass is 430 g/mol. The van der Waals surface area contributed by atoms with Crippen LogP contribution in [0.15, 0.2) is 21.8 Å².